The Kier molecular flexibility index (Phi) is 48.3. The molecule has 0 saturated carbocycles. The lowest BCUT2D eigenvalue weighted by atomic mass is 10.0. The van der Waals surface area contributed by atoms with Crippen LogP contribution in [0.3, 0.4) is 0 Å². The molecule has 0 N–H and O–H groups in total. The first-order valence-electron chi connectivity index (χ1n) is 26.7. The van der Waals surface area contributed by atoms with Gasteiger partial charge in [-0.2, -0.15) is 0 Å². The van der Waals surface area contributed by atoms with E-state index in [1.165, 1.54) is 199 Å². The Hall–Kier alpha value is -1.85. The summed E-state index contributed by atoms with van der Waals surface area (Å²) in [6.45, 7) is 6.66. The van der Waals surface area contributed by atoms with Crippen LogP contribution in [0, 0.1) is 0 Å². The second-order valence-electron chi connectivity index (χ2n) is 18.2. The molecule has 1 unspecified atom stereocenters. The van der Waals surface area contributed by atoms with E-state index in [1.807, 2.05) is 0 Å². The first-order valence-corrected chi connectivity index (χ1v) is 26.7. The SMILES string of the molecule is CCCCCCCCC=CCCCCCCCCC(=O)OCC(COC(=O)CCCCCCCCCCCCCCC)OC(=O)CCCCCCCCCCCCCCC. The van der Waals surface area contributed by atoms with E-state index in [0.717, 1.165) is 57.8 Å². The van der Waals surface area contributed by atoms with Crippen LogP contribution in [0.2, 0.25) is 0 Å². The van der Waals surface area contributed by atoms with Crippen LogP contribution in [0.4, 0.5) is 0 Å². The number of rotatable bonds is 49. The van der Waals surface area contributed by atoms with Gasteiger partial charge in [0.25, 0.3) is 0 Å². The topological polar surface area (TPSA) is 78.9 Å². The molecule has 0 aromatic heterocycles. The number of carbonyl (C=O) groups excluding carboxylic acids is 3. The fourth-order valence-electron chi connectivity index (χ4n) is 7.97. The van der Waals surface area contributed by atoms with Crippen LogP contribution < -0.4 is 0 Å². The first kappa shape index (κ1) is 58.1. The molecule has 0 bridgehead atoms. The molecule has 0 aromatic rings. The maximum Gasteiger partial charge on any atom is 0.306 e. The van der Waals surface area contributed by atoms with Crippen molar-refractivity contribution in [1.82, 2.24) is 0 Å². The molecule has 1 atom stereocenters. The Morgan fingerprint density at radius 2 is 0.550 bits per heavy atom. The highest BCUT2D eigenvalue weighted by atomic mass is 16.6. The predicted octanol–water partition coefficient (Wildman–Crippen LogP) is 17.4. The molecule has 354 valence electrons. The summed E-state index contributed by atoms with van der Waals surface area (Å²) in [5.41, 5.74) is 0. The third-order valence-corrected chi connectivity index (χ3v) is 12.0. The Bertz CT molecular complexity index is 931. The van der Waals surface area contributed by atoms with Crippen molar-refractivity contribution in [3.8, 4) is 0 Å². The van der Waals surface area contributed by atoms with Crippen LogP contribution >= 0.6 is 0 Å². The van der Waals surface area contributed by atoms with E-state index in [0.29, 0.717) is 19.3 Å². The Labute approximate surface area is 373 Å². The lowest BCUT2D eigenvalue weighted by molar-refractivity contribution is -0.167. The number of carbonyl (C=O) groups is 3. The van der Waals surface area contributed by atoms with E-state index in [9.17, 15) is 14.4 Å². The van der Waals surface area contributed by atoms with Crippen molar-refractivity contribution in [3.05, 3.63) is 12.2 Å². The zero-order valence-corrected chi connectivity index (χ0v) is 40.5. The van der Waals surface area contributed by atoms with E-state index in [1.54, 1.807) is 0 Å². The average molecular weight is 847 g/mol. The van der Waals surface area contributed by atoms with Crippen LogP contribution in [0.15, 0.2) is 12.2 Å². The highest BCUT2D eigenvalue weighted by molar-refractivity contribution is 5.71. The highest BCUT2D eigenvalue weighted by Crippen LogP contribution is 2.16. The number of hydrogen-bond acceptors (Lipinski definition) is 6. The zero-order chi connectivity index (χ0) is 43.7. The molecule has 0 aliphatic rings. The molecule has 0 rings (SSSR count). The van der Waals surface area contributed by atoms with Gasteiger partial charge in [0.1, 0.15) is 13.2 Å². The zero-order valence-electron chi connectivity index (χ0n) is 40.5. The summed E-state index contributed by atoms with van der Waals surface area (Å²) < 4.78 is 16.8. The molecule has 0 heterocycles. The van der Waals surface area contributed by atoms with Crippen molar-refractivity contribution in [2.75, 3.05) is 13.2 Å². The molecule has 60 heavy (non-hydrogen) atoms. The molecule has 6 heteroatoms. The fourth-order valence-corrected chi connectivity index (χ4v) is 7.97. The molecule has 0 aliphatic heterocycles. The summed E-state index contributed by atoms with van der Waals surface area (Å²) in [6, 6.07) is 0. The highest BCUT2D eigenvalue weighted by Gasteiger charge is 2.19. The van der Waals surface area contributed by atoms with Gasteiger partial charge in [-0.3, -0.25) is 14.4 Å². The van der Waals surface area contributed by atoms with Crippen LogP contribution in [0.25, 0.3) is 0 Å². The average Bonchev–Trinajstić information content (AvgIpc) is 3.24. The summed E-state index contributed by atoms with van der Waals surface area (Å²) in [6.07, 6.45) is 54.7. The van der Waals surface area contributed by atoms with Crippen molar-refractivity contribution < 1.29 is 28.6 Å². The van der Waals surface area contributed by atoms with Crippen LogP contribution in [-0.4, -0.2) is 37.2 Å². The van der Waals surface area contributed by atoms with Crippen LogP contribution in [0.1, 0.15) is 297 Å². The molecule has 0 spiro atoms. The normalized spacial score (nSPS) is 12.0. The van der Waals surface area contributed by atoms with Gasteiger partial charge < -0.3 is 14.2 Å². The van der Waals surface area contributed by atoms with Crippen LogP contribution in [-0.2, 0) is 28.6 Å². The third kappa shape index (κ3) is 47.2. The number of hydrogen-bond donors (Lipinski definition) is 0. The first-order chi connectivity index (χ1) is 29.5. The van der Waals surface area contributed by atoms with E-state index in [-0.39, 0.29) is 31.1 Å². The number of ether oxygens (including phenoxy) is 3. The molecule has 6 nitrogen and oxygen atoms in total. The Morgan fingerprint density at radius 1 is 0.317 bits per heavy atom. The van der Waals surface area contributed by atoms with Gasteiger partial charge >= 0.3 is 17.9 Å². The van der Waals surface area contributed by atoms with Crippen molar-refractivity contribution in [2.45, 2.75) is 303 Å². The standard InChI is InChI=1S/C54H102O6/c1-4-7-10-13-16-19-22-25-26-27-30-32-35-38-41-44-47-53(56)59-50-51(60-54(57)48-45-42-39-36-33-29-24-21-18-15-12-9-6-3)49-58-52(55)46-43-40-37-34-31-28-23-20-17-14-11-8-5-2/h25-26,51H,4-24,27-50H2,1-3H3. The maximum atomic E-state index is 12.8. The quantitative estimate of drug-likeness (QED) is 0.0263. The van der Waals surface area contributed by atoms with Crippen molar-refractivity contribution in [2.24, 2.45) is 0 Å². The van der Waals surface area contributed by atoms with Gasteiger partial charge in [0.15, 0.2) is 6.10 Å². The maximum absolute atomic E-state index is 12.8. The molecular formula is C54H102O6. The molecule has 0 aliphatic carbocycles. The largest absolute Gasteiger partial charge is 0.462 e. The van der Waals surface area contributed by atoms with Crippen molar-refractivity contribution >= 4 is 17.9 Å². The van der Waals surface area contributed by atoms with E-state index in [4.69, 9.17) is 14.2 Å². The summed E-state index contributed by atoms with van der Waals surface area (Å²) in [4.78, 5) is 38.0. The van der Waals surface area contributed by atoms with E-state index < -0.39 is 6.10 Å². The monoisotopic (exact) mass is 847 g/mol. The molecule has 0 fully saturated rings. The van der Waals surface area contributed by atoms with Gasteiger partial charge in [0, 0.05) is 19.3 Å². The van der Waals surface area contributed by atoms with Crippen LogP contribution in [0.5, 0.6) is 0 Å². The molecule has 0 radical (unpaired) electrons. The predicted molar refractivity (Wildman–Crippen MR) is 256 cm³/mol. The Balaban J connectivity index is 4.32. The minimum absolute atomic E-state index is 0.0663. The number of unbranched alkanes of at least 4 members (excludes halogenated alkanes) is 36. The van der Waals surface area contributed by atoms with E-state index in [2.05, 4.69) is 32.9 Å². The second-order valence-corrected chi connectivity index (χ2v) is 18.2. The molecule has 0 aromatic carbocycles. The molecular weight excluding hydrogens is 745 g/mol. The third-order valence-electron chi connectivity index (χ3n) is 12.0. The lowest BCUT2D eigenvalue weighted by Crippen LogP contribution is -2.30. The molecule has 0 amide bonds. The number of allylic oxidation sites excluding steroid dienone is 2. The van der Waals surface area contributed by atoms with Crippen molar-refractivity contribution in [3.63, 3.8) is 0 Å². The smallest absolute Gasteiger partial charge is 0.306 e. The second kappa shape index (κ2) is 49.8. The minimum Gasteiger partial charge on any atom is -0.462 e. The fraction of sp³-hybridized carbons (Fsp3) is 0.907. The summed E-state index contributed by atoms with van der Waals surface area (Å²) in [7, 11) is 0. The Morgan fingerprint density at radius 3 is 0.833 bits per heavy atom. The van der Waals surface area contributed by atoms with Gasteiger partial charge in [-0.05, 0) is 44.9 Å². The minimum atomic E-state index is -0.765. The van der Waals surface area contributed by atoms with Gasteiger partial charge in [-0.25, -0.2) is 0 Å². The van der Waals surface area contributed by atoms with Gasteiger partial charge in [-0.15, -0.1) is 0 Å². The summed E-state index contributed by atoms with van der Waals surface area (Å²) in [5.74, 6) is -0.854. The van der Waals surface area contributed by atoms with Gasteiger partial charge in [0.05, 0.1) is 0 Å². The van der Waals surface area contributed by atoms with Crippen molar-refractivity contribution in [1.29, 1.82) is 0 Å². The van der Waals surface area contributed by atoms with Gasteiger partial charge in [-0.1, -0.05) is 245 Å². The summed E-state index contributed by atoms with van der Waals surface area (Å²) in [5, 5.41) is 0. The lowest BCUT2D eigenvalue weighted by Gasteiger charge is -2.18. The summed E-state index contributed by atoms with van der Waals surface area (Å²) >= 11 is 0. The van der Waals surface area contributed by atoms with E-state index >= 15 is 0 Å². The molecule has 0 saturated heterocycles. The number of esters is 3. The van der Waals surface area contributed by atoms with Gasteiger partial charge in [0.2, 0.25) is 0 Å².